The van der Waals surface area contributed by atoms with Crippen molar-refractivity contribution in [2.24, 2.45) is 0 Å². The lowest BCUT2D eigenvalue weighted by molar-refractivity contribution is 1.01. The van der Waals surface area contributed by atoms with Crippen molar-refractivity contribution in [3.05, 3.63) is 45.1 Å². The number of rotatable bonds is 4. The van der Waals surface area contributed by atoms with E-state index in [4.69, 9.17) is 0 Å². The summed E-state index contributed by atoms with van der Waals surface area (Å²) in [5, 5.41) is 5.05. The Morgan fingerprint density at radius 1 is 1.53 bits per heavy atom. The van der Waals surface area contributed by atoms with Crippen LogP contribution in [-0.4, -0.2) is 16.5 Å². The fourth-order valence-corrected chi connectivity index (χ4v) is 1.95. The zero-order valence-corrected chi connectivity index (χ0v) is 8.88. The summed E-state index contributed by atoms with van der Waals surface area (Å²) in [7, 11) is 0. The van der Waals surface area contributed by atoms with E-state index < -0.39 is 0 Å². The van der Waals surface area contributed by atoms with Crippen LogP contribution >= 0.6 is 11.3 Å². The molecule has 2 N–H and O–H groups in total. The van der Waals surface area contributed by atoms with Gasteiger partial charge in [-0.3, -0.25) is 4.79 Å². The maximum absolute atomic E-state index is 11.2. The van der Waals surface area contributed by atoms with Crippen LogP contribution in [0.3, 0.4) is 0 Å². The zero-order valence-electron chi connectivity index (χ0n) is 8.06. The molecule has 78 valence electrons. The number of H-pyrrole nitrogens is 1. The Morgan fingerprint density at radius 2 is 2.47 bits per heavy atom. The first-order chi connectivity index (χ1) is 7.36. The second-order valence-electron chi connectivity index (χ2n) is 3.02. The van der Waals surface area contributed by atoms with Crippen molar-refractivity contribution in [3.8, 4) is 0 Å². The predicted molar refractivity (Wildman–Crippen MR) is 61.4 cm³/mol. The van der Waals surface area contributed by atoms with E-state index in [2.05, 4.69) is 21.4 Å². The van der Waals surface area contributed by atoms with E-state index in [0.29, 0.717) is 5.82 Å². The summed E-state index contributed by atoms with van der Waals surface area (Å²) in [6, 6.07) is 4.10. The second-order valence-corrected chi connectivity index (χ2v) is 4.06. The topological polar surface area (TPSA) is 57.8 Å². The summed E-state index contributed by atoms with van der Waals surface area (Å²) in [5.41, 5.74) is -0.177. The van der Waals surface area contributed by atoms with Gasteiger partial charge in [0.05, 0.1) is 0 Å². The van der Waals surface area contributed by atoms with Crippen LogP contribution < -0.4 is 10.9 Å². The van der Waals surface area contributed by atoms with Crippen LogP contribution in [0.5, 0.6) is 0 Å². The van der Waals surface area contributed by atoms with E-state index in [-0.39, 0.29) is 5.56 Å². The Hall–Kier alpha value is -1.62. The highest BCUT2D eigenvalue weighted by Gasteiger charge is 1.98. The lowest BCUT2D eigenvalue weighted by atomic mass is 10.3. The van der Waals surface area contributed by atoms with Gasteiger partial charge in [0.2, 0.25) is 0 Å². The van der Waals surface area contributed by atoms with E-state index in [1.165, 1.54) is 11.1 Å². The highest BCUT2D eigenvalue weighted by Crippen LogP contribution is 2.08. The molecule has 2 rings (SSSR count). The van der Waals surface area contributed by atoms with Crippen molar-refractivity contribution in [1.82, 2.24) is 9.97 Å². The van der Waals surface area contributed by atoms with Crippen molar-refractivity contribution in [3.63, 3.8) is 0 Å². The number of anilines is 1. The third kappa shape index (κ3) is 2.66. The first-order valence-electron chi connectivity index (χ1n) is 4.66. The Kier molecular flexibility index (Phi) is 3.14. The van der Waals surface area contributed by atoms with Gasteiger partial charge in [0.1, 0.15) is 0 Å². The molecule has 0 fully saturated rings. The molecule has 0 saturated heterocycles. The van der Waals surface area contributed by atoms with E-state index >= 15 is 0 Å². The highest BCUT2D eigenvalue weighted by molar-refractivity contribution is 7.09. The summed E-state index contributed by atoms with van der Waals surface area (Å²) in [6.45, 7) is 0.723. The summed E-state index contributed by atoms with van der Waals surface area (Å²) < 4.78 is 0. The van der Waals surface area contributed by atoms with E-state index in [0.717, 1.165) is 13.0 Å². The molecule has 5 heteroatoms. The molecule has 0 aliphatic carbocycles. The molecule has 0 saturated carbocycles. The van der Waals surface area contributed by atoms with Crippen molar-refractivity contribution >= 4 is 17.2 Å². The van der Waals surface area contributed by atoms with Gasteiger partial charge in [0, 0.05) is 23.8 Å². The van der Waals surface area contributed by atoms with Gasteiger partial charge in [0.15, 0.2) is 5.82 Å². The van der Waals surface area contributed by atoms with Crippen LogP contribution in [0.1, 0.15) is 4.88 Å². The first-order valence-corrected chi connectivity index (χ1v) is 5.54. The van der Waals surface area contributed by atoms with Gasteiger partial charge < -0.3 is 10.3 Å². The third-order valence-electron chi connectivity index (χ3n) is 1.95. The first kappa shape index (κ1) is 9.92. The maximum Gasteiger partial charge on any atom is 0.290 e. The molecule has 0 aliphatic heterocycles. The van der Waals surface area contributed by atoms with Gasteiger partial charge in [-0.1, -0.05) is 6.07 Å². The Balaban J connectivity index is 1.89. The molecular formula is C10H11N3OS. The van der Waals surface area contributed by atoms with Crippen LogP contribution in [0.25, 0.3) is 0 Å². The largest absolute Gasteiger partial charge is 0.365 e. The molecular weight excluding hydrogens is 210 g/mol. The maximum atomic E-state index is 11.2. The fourth-order valence-electron chi connectivity index (χ4n) is 1.24. The van der Waals surface area contributed by atoms with Crippen LogP contribution in [-0.2, 0) is 6.42 Å². The van der Waals surface area contributed by atoms with Crippen molar-refractivity contribution < 1.29 is 0 Å². The van der Waals surface area contributed by atoms with Crippen LogP contribution in [0, 0.1) is 0 Å². The predicted octanol–water partition coefficient (Wildman–Crippen LogP) is 1.49. The Morgan fingerprint density at radius 3 is 3.20 bits per heavy atom. The van der Waals surface area contributed by atoms with E-state index in [1.807, 2.05) is 11.4 Å². The van der Waals surface area contributed by atoms with Crippen molar-refractivity contribution in [1.29, 1.82) is 0 Å². The van der Waals surface area contributed by atoms with E-state index in [1.54, 1.807) is 17.5 Å². The molecule has 4 nitrogen and oxygen atoms in total. The highest BCUT2D eigenvalue weighted by atomic mass is 32.1. The fraction of sp³-hybridized carbons (Fsp3) is 0.200. The Labute approximate surface area is 91.0 Å². The van der Waals surface area contributed by atoms with Crippen LogP contribution in [0.2, 0.25) is 0 Å². The molecule has 0 spiro atoms. The third-order valence-corrected chi connectivity index (χ3v) is 2.89. The van der Waals surface area contributed by atoms with Crippen LogP contribution in [0.15, 0.2) is 34.7 Å². The molecule has 0 aliphatic rings. The van der Waals surface area contributed by atoms with Gasteiger partial charge in [-0.05, 0) is 17.9 Å². The molecule has 2 aromatic heterocycles. The monoisotopic (exact) mass is 221 g/mol. The zero-order chi connectivity index (χ0) is 10.5. The molecule has 2 heterocycles. The minimum atomic E-state index is -0.177. The summed E-state index contributed by atoms with van der Waals surface area (Å²) in [6.07, 6.45) is 4.00. The molecule has 15 heavy (non-hydrogen) atoms. The van der Waals surface area contributed by atoms with Crippen LogP contribution in [0.4, 0.5) is 5.82 Å². The Bertz CT molecular complexity index is 464. The number of aromatic amines is 1. The van der Waals surface area contributed by atoms with Crippen molar-refractivity contribution in [2.75, 3.05) is 11.9 Å². The normalized spacial score (nSPS) is 10.1. The lowest BCUT2D eigenvalue weighted by Gasteiger charge is -2.02. The van der Waals surface area contributed by atoms with Crippen molar-refractivity contribution in [2.45, 2.75) is 6.42 Å². The van der Waals surface area contributed by atoms with Gasteiger partial charge in [-0.25, -0.2) is 4.98 Å². The number of thiophene rings is 1. The van der Waals surface area contributed by atoms with Gasteiger partial charge in [-0.2, -0.15) is 0 Å². The number of aromatic nitrogens is 2. The van der Waals surface area contributed by atoms with Gasteiger partial charge in [-0.15, -0.1) is 11.3 Å². The molecule has 0 atom stereocenters. The molecule has 0 aromatic carbocycles. The number of nitrogens with zero attached hydrogens (tertiary/aromatic N) is 1. The standard InChI is InChI=1S/C10H11N3OS/c14-10-9(12-5-6-13-10)11-4-3-8-2-1-7-15-8/h1-2,5-7H,3-4H2,(H,11,12)(H,13,14). The van der Waals surface area contributed by atoms with Gasteiger partial charge >= 0.3 is 0 Å². The van der Waals surface area contributed by atoms with E-state index in [9.17, 15) is 4.79 Å². The summed E-state index contributed by atoms with van der Waals surface area (Å²) in [5.74, 6) is 0.383. The number of hydrogen-bond acceptors (Lipinski definition) is 4. The quantitative estimate of drug-likeness (QED) is 0.822. The number of nitrogens with one attached hydrogen (secondary N) is 2. The smallest absolute Gasteiger partial charge is 0.290 e. The number of hydrogen-bond donors (Lipinski definition) is 2. The average Bonchev–Trinajstić information content (AvgIpc) is 2.74. The molecule has 0 amide bonds. The molecule has 0 radical (unpaired) electrons. The second kappa shape index (κ2) is 4.75. The minimum absolute atomic E-state index is 0.177. The lowest BCUT2D eigenvalue weighted by Crippen LogP contribution is -2.16. The summed E-state index contributed by atoms with van der Waals surface area (Å²) in [4.78, 5) is 19.0. The molecule has 0 bridgehead atoms. The molecule has 0 unspecified atom stereocenters. The van der Waals surface area contributed by atoms with Gasteiger partial charge in [0.25, 0.3) is 5.56 Å². The summed E-state index contributed by atoms with van der Waals surface area (Å²) >= 11 is 1.72. The average molecular weight is 221 g/mol. The molecule has 2 aromatic rings. The minimum Gasteiger partial charge on any atom is -0.365 e. The SMILES string of the molecule is O=c1[nH]ccnc1NCCc1cccs1.